The van der Waals surface area contributed by atoms with Crippen molar-refractivity contribution in [1.82, 2.24) is 10.2 Å². The summed E-state index contributed by atoms with van der Waals surface area (Å²) < 4.78 is 0. The van der Waals surface area contributed by atoms with Gasteiger partial charge < -0.3 is 4.90 Å². The maximum absolute atomic E-state index is 9.60. The second kappa shape index (κ2) is 6.45. The van der Waals surface area contributed by atoms with Gasteiger partial charge in [0.2, 0.25) is 0 Å². The maximum atomic E-state index is 9.60. The molecular formula is C17H31N3. The Morgan fingerprint density at radius 2 is 2.00 bits per heavy atom. The number of rotatable bonds is 3. The van der Waals surface area contributed by atoms with E-state index < -0.39 is 0 Å². The molecule has 114 valence electrons. The van der Waals surface area contributed by atoms with Crippen molar-refractivity contribution in [3.05, 3.63) is 0 Å². The molecule has 1 saturated carbocycles. The average Bonchev–Trinajstić information content (AvgIpc) is 2.60. The Labute approximate surface area is 124 Å². The zero-order valence-electron chi connectivity index (χ0n) is 13.5. The first-order valence-corrected chi connectivity index (χ1v) is 8.41. The molecular weight excluding hydrogens is 246 g/mol. The maximum Gasteiger partial charge on any atom is 0.108 e. The fraction of sp³-hybridized carbons (Fsp3) is 0.941. The third kappa shape index (κ3) is 3.74. The first-order valence-electron chi connectivity index (χ1n) is 8.41. The van der Waals surface area contributed by atoms with Gasteiger partial charge in [0, 0.05) is 6.04 Å². The summed E-state index contributed by atoms with van der Waals surface area (Å²) in [6, 6.07) is 3.19. The molecule has 3 heteroatoms. The summed E-state index contributed by atoms with van der Waals surface area (Å²) in [5.74, 6) is 0. The van der Waals surface area contributed by atoms with Crippen LogP contribution in [-0.4, -0.2) is 36.1 Å². The van der Waals surface area contributed by atoms with Crippen molar-refractivity contribution in [3.63, 3.8) is 0 Å². The second-order valence-corrected chi connectivity index (χ2v) is 7.53. The number of nitrogens with one attached hydrogen (secondary N) is 1. The topological polar surface area (TPSA) is 39.1 Å². The van der Waals surface area contributed by atoms with E-state index >= 15 is 0 Å². The van der Waals surface area contributed by atoms with E-state index in [1.807, 2.05) is 0 Å². The molecule has 1 saturated heterocycles. The lowest BCUT2D eigenvalue weighted by atomic mass is 9.79. The van der Waals surface area contributed by atoms with Crippen LogP contribution in [0.5, 0.6) is 0 Å². The Bertz CT molecular complexity index is 354. The third-order valence-corrected chi connectivity index (χ3v) is 5.35. The molecule has 2 unspecified atom stereocenters. The number of hydrogen-bond donors (Lipinski definition) is 1. The Morgan fingerprint density at radius 3 is 2.70 bits per heavy atom. The molecule has 0 amide bonds. The number of nitrogens with zero attached hydrogens (tertiary/aromatic N) is 2. The molecule has 0 aromatic heterocycles. The van der Waals surface area contributed by atoms with Gasteiger partial charge in [-0.2, -0.15) is 5.26 Å². The van der Waals surface area contributed by atoms with Crippen molar-refractivity contribution in [1.29, 1.82) is 5.26 Å². The summed E-state index contributed by atoms with van der Waals surface area (Å²) in [4.78, 5) is 2.68. The summed E-state index contributed by atoms with van der Waals surface area (Å²) in [5, 5.41) is 13.1. The van der Waals surface area contributed by atoms with Gasteiger partial charge in [0.1, 0.15) is 5.54 Å². The van der Waals surface area contributed by atoms with Gasteiger partial charge in [0.05, 0.1) is 6.07 Å². The molecule has 0 bridgehead atoms. The molecule has 3 nitrogen and oxygen atoms in total. The molecule has 0 spiro atoms. The summed E-state index contributed by atoms with van der Waals surface area (Å²) in [7, 11) is 0. The highest BCUT2D eigenvalue weighted by Crippen LogP contribution is 2.35. The van der Waals surface area contributed by atoms with Crippen LogP contribution in [0.1, 0.15) is 65.7 Å². The first-order chi connectivity index (χ1) is 9.50. The van der Waals surface area contributed by atoms with Crippen LogP contribution >= 0.6 is 0 Å². The van der Waals surface area contributed by atoms with E-state index in [4.69, 9.17) is 0 Å². The summed E-state index contributed by atoms with van der Waals surface area (Å²) in [5.41, 5.74) is 0.233. The van der Waals surface area contributed by atoms with Gasteiger partial charge in [-0.15, -0.1) is 0 Å². The van der Waals surface area contributed by atoms with E-state index in [1.54, 1.807) is 0 Å². The zero-order chi connectivity index (χ0) is 14.6. The van der Waals surface area contributed by atoms with Gasteiger partial charge in [-0.1, -0.05) is 20.8 Å². The molecule has 1 N–H and O–H groups in total. The van der Waals surface area contributed by atoms with Crippen molar-refractivity contribution in [2.45, 2.75) is 77.3 Å². The highest BCUT2D eigenvalue weighted by Gasteiger charge is 2.38. The summed E-state index contributed by atoms with van der Waals surface area (Å²) >= 11 is 0. The lowest BCUT2D eigenvalue weighted by Gasteiger charge is -2.41. The van der Waals surface area contributed by atoms with Gasteiger partial charge in [-0.05, 0) is 70.0 Å². The van der Waals surface area contributed by atoms with E-state index in [0.717, 1.165) is 19.4 Å². The molecule has 20 heavy (non-hydrogen) atoms. The molecule has 1 aliphatic heterocycles. The van der Waals surface area contributed by atoms with Crippen LogP contribution in [0.25, 0.3) is 0 Å². The first kappa shape index (κ1) is 15.8. The van der Waals surface area contributed by atoms with Crippen LogP contribution < -0.4 is 5.32 Å². The minimum absolute atomic E-state index is 0.264. The highest BCUT2D eigenvalue weighted by atomic mass is 15.2. The minimum atomic E-state index is -0.264. The van der Waals surface area contributed by atoms with Gasteiger partial charge in [0.25, 0.3) is 0 Å². The van der Waals surface area contributed by atoms with E-state index in [1.165, 1.54) is 45.2 Å². The van der Waals surface area contributed by atoms with Crippen LogP contribution in [0, 0.1) is 16.7 Å². The van der Waals surface area contributed by atoms with Crippen LogP contribution in [0.2, 0.25) is 0 Å². The molecule has 2 aliphatic rings. The summed E-state index contributed by atoms with van der Waals surface area (Å²) in [6.07, 6.45) is 8.44. The van der Waals surface area contributed by atoms with Crippen LogP contribution in [-0.2, 0) is 0 Å². The SMILES string of the molecule is CCNC1(C#N)CCCC(N2CCCC(C)(C)CC2)C1. The van der Waals surface area contributed by atoms with Crippen molar-refractivity contribution in [3.8, 4) is 6.07 Å². The molecule has 0 aromatic rings. The van der Waals surface area contributed by atoms with Gasteiger partial charge in [0.15, 0.2) is 0 Å². The van der Waals surface area contributed by atoms with E-state index in [0.29, 0.717) is 11.5 Å². The smallest absolute Gasteiger partial charge is 0.108 e. The predicted octanol–water partition coefficient (Wildman–Crippen LogP) is 3.31. The molecule has 2 atom stereocenters. The number of nitriles is 1. The predicted molar refractivity (Wildman–Crippen MR) is 83.5 cm³/mol. The second-order valence-electron chi connectivity index (χ2n) is 7.53. The van der Waals surface area contributed by atoms with E-state index in [2.05, 4.69) is 37.1 Å². The zero-order valence-corrected chi connectivity index (χ0v) is 13.5. The monoisotopic (exact) mass is 277 g/mol. The largest absolute Gasteiger partial charge is 0.300 e. The molecule has 2 fully saturated rings. The normalized spacial score (nSPS) is 35.2. The lowest BCUT2D eigenvalue weighted by molar-refractivity contribution is 0.120. The highest BCUT2D eigenvalue weighted by molar-refractivity contribution is 5.11. The molecule has 0 radical (unpaired) electrons. The lowest BCUT2D eigenvalue weighted by Crippen LogP contribution is -2.53. The standard InChI is InChI=1S/C17H31N3/c1-4-19-17(14-18)9-5-7-15(13-17)20-11-6-8-16(2,3)10-12-20/h15,19H,4-13H2,1-3H3. The molecule has 1 aliphatic carbocycles. The Kier molecular flexibility index (Phi) is 5.09. The quantitative estimate of drug-likeness (QED) is 0.860. The van der Waals surface area contributed by atoms with Crippen molar-refractivity contribution >= 4 is 0 Å². The van der Waals surface area contributed by atoms with E-state index in [9.17, 15) is 5.26 Å². The van der Waals surface area contributed by atoms with Gasteiger partial charge in [-0.25, -0.2) is 0 Å². The van der Waals surface area contributed by atoms with E-state index in [-0.39, 0.29) is 5.54 Å². The van der Waals surface area contributed by atoms with Crippen LogP contribution in [0.4, 0.5) is 0 Å². The number of hydrogen-bond acceptors (Lipinski definition) is 3. The van der Waals surface area contributed by atoms with Crippen molar-refractivity contribution in [2.75, 3.05) is 19.6 Å². The Balaban J connectivity index is 2.00. The van der Waals surface area contributed by atoms with Crippen molar-refractivity contribution in [2.24, 2.45) is 5.41 Å². The molecule has 1 heterocycles. The number of likely N-dealkylation sites (tertiary alicyclic amines) is 1. The van der Waals surface area contributed by atoms with Crippen LogP contribution in [0.15, 0.2) is 0 Å². The average molecular weight is 277 g/mol. The summed E-state index contributed by atoms with van der Waals surface area (Å²) in [6.45, 7) is 10.2. The van der Waals surface area contributed by atoms with Crippen LogP contribution in [0.3, 0.4) is 0 Å². The fourth-order valence-electron chi connectivity index (χ4n) is 4.01. The minimum Gasteiger partial charge on any atom is -0.300 e. The van der Waals surface area contributed by atoms with Gasteiger partial charge in [-0.3, -0.25) is 5.32 Å². The molecule has 0 aromatic carbocycles. The van der Waals surface area contributed by atoms with Crippen molar-refractivity contribution < 1.29 is 0 Å². The van der Waals surface area contributed by atoms with Gasteiger partial charge >= 0.3 is 0 Å². The third-order valence-electron chi connectivity index (χ3n) is 5.35. The fourth-order valence-corrected chi connectivity index (χ4v) is 4.01. The molecule has 2 rings (SSSR count). The Hall–Kier alpha value is -0.590. The Morgan fingerprint density at radius 1 is 1.20 bits per heavy atom.